The first-order valence-corrected chi connectivity index (χ1v) is 6.04. The molecule has 5 heteroatoms. The molecule has 1 aromatic carbocycles. The fourth-order valence-corrected chi connectivity index (χ4v) is 1.34. The molecule has 0 saturated heterocycles. The first-order valence-electron chi connectivity index (χ1n) is 6.04. The van der Waals surface area contributed by atoms with Gasteiger partial charge in [0, 0.05) is 19.8 Å². The maximum Gasteiger partial charge on any atom is 0.143 e. The van der Waals surface area contributed by atoms with Gasteiger partial charge in [-0.25, -0.2) is 0 Å². The molecule has 1 aromatic rings. The predicted octanol–water partition coefficient (Wildman–Crippen LogP) is 1.41. The first kappa shape index (κ1) is 14.2. The lowest BCUT2D eigenvalue weighted by Gasteiger charge is -2.15. The second kappa shape index (κ2) is 7.45. The summed E-state index contributed by atoms with van der Waals surface area (Å²) in [6.45, 7) is 5.82. The van der Waals surface area contributed by atoms with E-state index in [0.717, 1.165) is 24.5 Å². The van der Waals surface area contributed by atoms with Crippen LogP contribution in [0, 0.1) is 0 Å². The van der Waals surface area contributed by atoms with Crippen molar-refractivity contribution in [3.63, 3.8) is 0 Å². The minimum Gasteiger partial charge on any atom is -0.388 e. The van der Waals surface area contributed by atoms with Crippen molar-refractivity contribution in [3.8, 4) is 0 Å². The van der Waals surface area contributed by atoms with Crippen LogP contribution < -0.4 is 10.6 Å². The van der Waals surface area contributed by atoms with Gasteiger partial charge in [-0.15, -0.1) is 10.2 Å². The summed E-state index contributed by atoms with van der Waals surface area (Å²) in [6.07, 6.45) is 0. The van der Waals surface area contributed by atoms with Gasteiger partial charge in [-0.2, -0.15) is 0 Å². The third-order valence-corrected chi connectivity index (χ3v) is 2.63. The van der Waals surface area contributed by atoms with Crippen LogP contribution in [0.5, 0.6) is 0 Å². The molecule has 0 heterocycles. The maximum atomic E-state index is 4.16. The Morgan fingerprint density at radius 1 is 1.39 bits per heavy atom. The van der Waals surface area contributed by atoms with E-state index in [1.54, 1.807) is 0 Å². The van der Waals surface area contributed by atoms with Gasteiger partial charge in [0.25, 0.3) is 0 Å². The Morgan fingerprint density at radius 3 is 2.61 bits per heavy atom. The zero-order valence-electron chi connectivity index (χ0n) is 11.3. The zero-order chi connectivity index (χ0) is 13.4. The van der Waals surface area contributed by atoms with Crippen LogP contribution in [-0.4, -0.2) is 39.1 Å². The summed E-state index contributed by atoms with van der Waals surface area (Å²) in [7, 11) is 5.90. The minimum absolute atomic E-state index is 0.676. The highest BCUT2D eigenvalue weighted by Crippen LogP contribution is 2.17. The van der Waals surface area contributed by atoms with E-state index in [1.807, 2.05) is 50.3 Å². The summed E-state index contributed by atoms with van der Waals surface area (Å²) in [5.74, 6) is 0.676. The Bertz CT molecular complexity index is 396. The van der Waals surface area contributed by atoms with Crippen molar-refractivity contribution in [1.29, 1.82) is 0 Å². The lowest BCUT2D eigenvalue weighted by molar-refractivity contribution is -0.626. The van der Waals surface area contributed by atoms with Crippen molar-refractivity contribution in [3.05, 3.63) is 36.7 Å². The fourth-order valence-electron chi connectivity index (χ4n) is 1.34. The summed E-state index contributed by atoms with van der Waals surface area (Å²) < 4.78 is 0. The maximum absolute atomic E-state index is 4.16. The van der Waals surface area contributed by atoms with Crippen LogP contribution in [0.3, 0.4) is 0 Å². The van der Waals surface area contributed by atoms with Gasteiger partial charge in [0.15, 0.2) is 0 Å². The Balaban J connectivity index is 2.54. The standard InChI is InChI=1S/C13H21N5/c1-11(18(4)10-9-14-2)16-17-13-7-5-12(15-3)6-8-13/h5-8,14-15H,1,9-10H2,2-4H3/p+1. The normalized spacial score (nSPS) is 10.6. The molecule has 0 unspecified atom stereocenters. The Morgan fingerprint density at radius 2 is 2.06 bits per heavy atom. The van der Waals surface area contributed by atoms with E-state index in [9.17, 15) is 0 Å². The summed E-state index contributed by atoms with van der Waals surface area (Å²) in [4.78, 5) is 1.99. The number of rotatable bonds is 7. The van der Waals surface area contributed by atoms with Crippen molar-refractivity contribution in [2.45, 2.75) is 0 Å². The quantitative estimate of drug-likeness (QED) is 0.717. The molecule has 0 aliphatic rings. The van der Waals surface area contributed by atoms with Gasteiger partial charge in [0.2, 0.25) is 0 Å². The predicted molar refractivity (Wildman–Crippen MR) is 75.0 cm³/mol. The molecular weight excluding hydrogens is 226 g/mol. The highest BCUT2D eigenvalue weighted by atomic mass is 15.3. The molecule has 5 nitrogen and oxygen atoms in total. The SMILES string of the molecule is C=C(N=Nc1ccc(NC)cc1)N(C)CC[NH2+]C. The number of nitrogens with one attached hydrogen (secondary N) is 1. The number of hydrogen-bond donors (Lipinski definition) is 2. The molecule has 18 heavy (non-hydrogen) atoms. The third kappa shape index (κ3) is 4.55. The van der Waals surface area contributed by atoms with E-state index in [1.165, 1.54) is 0 Å². The topological polar surface area (TPSA) is 56.6 Å². The number of likely N-dealkylation sites (N-methyl/N-ethyl adjacent to an activating group) is 2. The second-order valence-electron chi connectivity index (χ2n) is 4.03. The number of azo groups is 1. The highest BCUT2D eigenvalue weighted by molar-refractivity contribution is 5.50. The average molecular weight is 248 g/mol. The van der Waals surface area contributed by atoms with Crippen molar-refractivity contribution < 1.29 is 5.32 Å². The summed E-state index contributed by atoms with van der Waals surface area (Å²) >= 11 is 0. The second-order valence-corrected chi connectivity index (χ2v) is 4.03. The molecule has 3 N–H and O–H groups in total. The van der Waals surface area contributed by atoms with E-state index in [2.05, 4.69) is 27.4 Å². The molecule has 0 spiro atoms. The monoisotopic (exact) mass is 248 g/mol. The molecule has 0 atom stereocenters. The lowest BCUT2D eigenvalue weighted by Crippen LogP contribution is -2.81. The van der Waals surface area contributed by atoms with E-state index < -0.39 is 0 Å². The largest absolute Gasteiger partial charge is 0.388 e. The van der Waals surface area contributed by atoms with Gasteiger partial charge in [-0.1, -0.05) is 6.58 Å². The van der Waals surface area contributed by atoms with Gasteiger partial charge in [0.05, 0.1) is 25.8 Å². The van der Waals surface area contributed by atoms with Crippen LogP contribution in [0.25, 0.3) is 0 Å². The summed E-state index contributed by atoms with van der Waals surface area (Å²) in [5, 5.41) is 13.5. The Labute approximate surface area is 109 Å². The molecule has 1 rings (SSSR count). The first-order chi connectivity index (χ1) is 8.67. The molecule has 0 saturated carbocycles. The van der Waals surface area contributed by atoms with Crippen molar-refractivity contribution in [2.75, 3.05) is 39.5 Å². The van der Waals surface area contributed by atoms with Crippen molar-refractivity contribution in [2.24, 2.45) is 10.2 Å². The zero-order valence-corrected chi connectivity index (χ0v) is 11.3. The van der Waals surface area contributed by atoms with Crippen LogP contribution in [-0.2, 0) is 0 Å². The molecule has 0 radical (unpaired) electrons. The molecule has 0 aliphatic heterocycles. The molecule has 98 valence electrons. The number of nitrogens with zero attached hydrogens (tertiary/aromatic N) is 3. The van der Waals surface area contributed by atoms with Gasteiger partial charge < -0.3 is 15.5 Å². The van der Waals surface area contributed by atoms with Crippen molar-refractivity contribution >= 4 is 11.4 Å². The van der Waals surface area contributed by atoms with Gasteiger partial charge in [-0.05, 0) is 24.3 Å². The van der Waals surface area contributed by atoms with E-state index in [4.69, 9.17) is 0 Å². The number of hydrogen-bond acceptors (Lipinski definition) is 4. The number of benzene rings is 1. The van der Waals surface area contributed by atoms with E-state index >= 15 is 0 Å². The number of quaternary nitrogens is 1. The van der Waals surface area contributed by atoms with E-state index in [0.29, 0.717) is 5.82 Å². The number of anilines is 1. The van der Waals surface area contributed by atoms with Crippen LogP contribution in [0.4, 0.5) is 11.4 Å². The van der Waals surface area contributed by atoms with Gasteiger partial charge in [-0.3, -0.25) is 0 Å². The molecule has 0 fully saturated rings. The molecule has 0 aromatic heterocycles. The smallest absolute Gasteiger partial charge is 0.143 e. The molecule has 0 aliphatic carbocycles. The Hall–Kier alpha value is -1.88. The molecular formula is C13H22N5+. The minimum atomic E-state index is 0.676. The molecule has 0 amide bonds. The summed E-state index contributed by atoms with van der Waals surface area (Å²) in [6, 6.07) is 7.77. The average Bonchev–Trinajstić information content (AvgIpc) is 2.42. The van der Waals surface area contributed by atoms with Gasteiger partial charge >= 0.3 is 0 Å². The lowest BCUT2D eigenvalue weighted by atomic mass is 10.3. The van der Waals surface area contributed by atoms with E-state index in [-0.39, 0.29) is 0 Å². The van der Waals surface area contributed by atoms with Crippen molar-refractivity contribution in [1.82, 2.24) is 4.90 Å². The third-order valence-electron chi connectivity index (χ3n) is 2.63. The highest BCUT2D eigenvalue weighted by Gasteiger charge is 2.00. The summed E-state index contributed by atoms with van der Waals surface area (Å²) in [5.41, 5.74) is 1.88. The van der Waals surface area contributed by atoms with Crippen LogP contribution in [0.1, 0.15) is 0 Å². The fraction of sp³-hybridized carbons (Fsp3) is 0.385. The number of nitrogens with two attached hydrogens (primary N) is 1. The van der Waals surface area contributed by atoms with Crippen LogP contribution in [0.15, 0.2) is 46.9 Å². The Kier molecular flexibility index (Phi) is 5.87. The van der Waals surface area contributed by atoms with Crippen LogP contribution >= 0.6 is 0 Å². The van der Waals surface area contributed by atoms with Crippen LogP contribution in [0.2, 0.25) is 0 Å². The van der Waals surface area contributed by atoms with Gasteiger partial charge in [0.1, 0.15) is 5.82 Å². The molecule has 0 bridgehead atoms.